The summed E-state index contributed by atoms with van der Waals surface area (Å²) < 4.78 is 0. The monoisotopic (exact) mass is 101 g/mol. The van der Waals surface area contributed by atoms with E-state index in [4.69, 9.17) is 5.73 Å². The van der Waals surface area contributed by atoms with E-state index in [1.807, 2.05) is 0 Å². The highest BCUT2D eigenvalue weighted by atomic mass is 16.1. The Kier molecular flexibility index (Phi) is 1.84. The number of hydrogen-bond donors (Lipinski definition) is 2. The van der Waals surface area contributed by atoms with Gasteiger partial charge in [0.25, 0.3) is 5.91 Å². The first-order valence-electron chi connectivity index (χ1n) is 1.72. The van der Waals surface area contributed by atoms with E-state index in [1.54, 1.807) is 0 Å². The summed E-state index contributed by atoms with van der Waals surface area (Å²) in [5, 5.41) is 3.03. The Morgan fingerprint density at radius 2 is 2.14 bits per heavy atom. The van der Waals surface area contributed by atoms with Crippen molar-refractivity contribution in [3.63, 3.8) is 0 Å². The fraction of sp³-hybridized carbons (Fsp3) is 0.333. The molecular formula is C3H7N3O. The number of carbonyl (C=O) groups excluding carboxylic acids is 1. The Balaban J connectivity index is 3.82. The Morgan fingerprint density at radius 3 is 2.14 bits per heavy atom. The van der Waals surface area contributed by atoms with Crippen molar-refractivity contribution in [2.75, 3.05) is 0 Å². The van der Waals surface area contributed by atoms with Crippen LogP contribution in [0.2, 0.25) is 0 Å². The molecule has 0 aromatic heterocycles. The molecule has 0 saturated heterocycles. The number of nitrogens with zero attached hydrogens (tertiary/aromatic N) is 1. The molecule has 0 bridgehead atoms. The lowest BCUT2D eigenvalue weighted by molar-refractivity contribution is -0.112. The van der Waals surface area contributed by atoms with Gasteiger partial charge in [0.1, 0.15) is 5.71 Å². The van der Waals surface area contributed by atoms with Gasteiger partial charge in [-0.3, -0.25) is 4.79 Å². The second-order valence-electron chi connectivity index (χ2n) is 1.08. The van der Waals surface area contributed by atoms with Gasteiger partial charge in [-0.2, -0.15) is 5.10 Å². The normalized spacial score (nSPS) is 11.3. The molecule has 0 rings (SSSR count). The fourth-order valence-corrected chi connectivity index (χ4v) is 0.0636. The van der Waals surface area contributed by atoms with Crippen LogP contribution in [-0.2, 0) is 4.79 Å². The largest absolute Gasteiger partial charge is 0.365 e. The van der Waals surface area contributed by atoms with Gasteiger partial charge in [0.15, 0.2) is 0 Å². The molecule has 7 heavy (non-hydrogen) atoms. The summed E-state index contributed by atoms with van der Waals surface area (Å²) in [6, 6.07) is 0. The smallest absolute Gasteiger partial charge is 0.264 e. The molecule has 0 heterocycles. The molecule has 0 aliphatic rings. The van der Waals surface area contributed by atoms with Crippen LogP contribution in [-0.4, -0.2) is 11.6 Å². The number of carbonyl (C=O) groups is 1. The quantitative estimate of drug-likeness (QED) is 0.247. The molecule has 0 aliphatic heterocycles. The first-order chi connectivity index (χ1) is 3.18. The van der Waals surface area contributed by atoms with Crippen LogP contribution >= 0.6 is 0 Å². The first kappa shape index (κ1) is 5.94. The van der Waals surface area contributed by atoms with Gasteiger partial charge in [-0.25, -0.2) is 0 Å². The summed E-state index contributed by atoms with van der Waals surface area (Å²) in [5.41, 5.74) is 4.84. The summed E-state index contributed by atoms with van der Waals surface area (Å²) in [5.74, 6) is 4.08. The minimum absolute atomic E-state index is 0.139. The van der Waals surface area contributed by atoms with E-state index >= 15 is 0 Å². The predicted molar refractivity (Wildman–Crippen MR) is 26.5 cm³/mol. The van der Waals surface area contributed by atoms with E-state index in [0.29, 0.717) is 0 Å². The van der Waals surface area contributed by atoms with Crippen LogP contribution in [0.15, 0.2) is 5.10 Å². The Bertz CT molecular complexity index is 107. The van der Waals surface area contributed by atoms with Crippen LogP contribution < -0.4 is 11.6 Å². The predicted octanol–water partition coefficient (Wildman–Crippen LogP) is -1.19. The van der Waals surface area contributed by atoms with Gasteiger partial charge in [0, 0.05) is 0 Å². The van der Waals surface area contributed by atoms with E-state index in [2.05, 4.69) is 10.9 Å². The molecule has 4 heteroatoms. The fourth-order valence-electron chi connectivity index (χ4n) is 0.0636. The van der Waals surface area contributed by atoms with Crippen LogP contribution in [0.1, 0.15) is 6.92 Å². The summed E-state index contributed by atoms with van der Waals surface area (Å²) in [6.45, 7) is 1.45. The van der Waals surface area contributed by atoms with Gasteiger partial charge < -0.3 is 11.6 Å². The highest BCUT2D eigenvalue weighted by molar-refractivity contribution is 6.37. The zero-order chi connectivity index (χ0) is 5.86. The Hall–Kier alpha value is -1.06. The lowest BCUT2D eigenvalue weighted by atomic mass is 10.4. The minimum Gasteiger partial charge on any atom is -0.365 e. The molecule has 40 valence electrons. The summed E-state index contributed by atoms with van der Waals surface area (Å²) in [6.07, 6.45) is 0. The number of rotatable bonds is 1. The standard InChI is InChI=1S/C3H7N3O/c1-2(6-5)3(4)7/h5H2,1H3,(H2,4,7)/b6-2-. The van der Waals surface area contributed by atoms with Crippen molar-refractivity contribution in [1.82, 2.24) is 0 Å². The molecule has 0 unspecified atom stereocenters. The van der Waals surface area contributed by atoms with E-state index in [-0.39, 0.29) is 5.71 Å². The van der Waals surface area contributed by atoms with Crippen molar-refractivity contribution in [2.24, 2.45) is 16.7 Å². The van der Waals surface area contributed by atoms with Crippen LogP contribution in [0.25, 0.3) is 0 Å². The van der Waals surface area contributed by atoms with E-state index < -0.39 is 5.91 Å². The second-order valence-corrected chi connectivity index (χ2v) is 1.08. The van der Waals surface area contributed by atoms with Crippen LogP contribution in [0.3, 0.4) is 0 Å². The molecule has 4 N–H and O–H groups in total. The van der Waals surface area contributed by atoms with Crippen LogP contribution in [0, 0.1) is 0 Å². The van der Waals surface area contributed by atoms with Gasteiger partial charge >= 0.3 is 0 Å². The van der Waals surface area contributed by atoms with Gasteiger partial charge in [0.2, 0.25) is 0 Å². The molecule has 0 aliphatic carbocycles. The number of amides is 1. The van der Waals surface area contributed by atoms with Crippen molar-refractivity contribution in [2.45, 2.75) is 6.92 Å². The van der Waals surface area contributed by atoms with E-state index in [0.717, 1.165) is 0 Å². The zero-order valence-corrected chi connectivity index (χ0v) is 4.01. The third-order valence-corrected chi connectivity index (χ3v) is 0.550. The molecule has 1 amide bonds. The maximum absolute atomic E-state index is 9.94. The van der Waals surface area contributed by atoms with Crippen molar-refractivity contribution in [1.29, 1.82) is 0 Å². The topological polar surface area (TPSA) is 81.5 Å². The molecule has 4 nitrogen and oxygen atoms in total. The SMILES string of the molecule is C/C(=N/N)C(N)=O. The van der Waals surface area contributed by atoms with Gasteiger partial charge in [-0.05, 0) is 6.92 Å². The molecule has 0 saturated carbocycles. The van der Waals surface area contributed by atoms with Gasteiger partial charge in [0.05, 0.1) is 0 Å². The number of primary amides is 1. The molecule has 0 aromatic rings. The zero-order valence-electron chi connectivity index (χ0n) is 4.01. The number of hydrogen-bond acceptors (Lipinski definition) is 3. The highest BCUT2D eigenvalue weighted by Crippen LogP contribution is 1.64. The lowest BCUT2D eigenvalue weighted by Gasteiger charge is -1.84. The molecule has 0 aromatic carbocycles. The Labute approximate surface area is 41.2 Å². The third kappa shape index (κ3) is 1.75. The second kappa shape index (κ2) is 2.17. The van der Waals surface area contributed by atoms with Crippen LogP contribution in [0.4, 0.5) is 0 Å². The van der Waals surface area contributed by atoms with Gasteiger partial charge in [-0.1, -0.05) is 0 Å². The number of nitrogens with two attached hydrogens (primary N) is 2. The number of hydrazone groups is 1. The minimum atomic E-state index is -0.581. The summed E-state index contributed by atoms with van der Waals surface area (Å²) in [7, 11) is 0. The van der Waals surface area contributed by atoms with E-state index in [1.165, 1.54) is 6.92 Å². The lowest BCUT2D eigenvalue weighted by Crippen LogP contribution is -2.21. The average molecular weight is 101 g/mol. The molecule has 0 atom stereocenters. The maximum atomic E-state index is 9.94. The van der Waals surface area contributed by atoms with Crippen molar-refractivity contribution in [3.05, 3.63) is 0 Å². The van der Waals surface area contributed by atoms with Crippen LogP contribution in [0.5, 0.6) is 0 Å². The maximum Gasteiger partial charge on any atom is 0.264 e. The van der Waals surface area contributed by atoms with Crippen molar-refractivity contribution < 1.29 is 4.79 Å². The van der Waals surface area contributed by atoms with E-state index in [9.17, 15) is 4.79 Å². The van der Waals surface area contributed by atoms with Gasteiger partial charge in [-0.15, -0.1) is 0 Å². The average Bonchev–Trinajstić information content (AvgIpc) is 1.65. The summed E-state index contributed by atoms with van der Waals surface area (Å²) in [4.78, 5) is 9.94. The molecular weight excluding hydrogens is 94.1 g/mol. The van der Waals surface area contributed by atoms with Crippen molar-refractivity contribution >= 4 is 11.6 Å². The highest BCUT2D eigenvalue weighted by Gasteiger charge is 1.93. The molecule has 0 radical (unpaired) electrons. The molecule has 0 spiro atoms. The van der Waals surface area contributed by atoms with Crippen molar-refractivity contribution in [3.8, 4) is 0 Å². The molecule has 0 fully saturated rings. The Morgan fingerprint density at radius 1 is 1.71 bits per heavy atom. The third-order valence-electron chi connectivity index (χ3n) is 0.550. The summed E-state index contributed by atoms with van der Waals surface area (Å²) >= 11 is 0. The first-order valence-corrected chi connectivity index (χ1v) is 1.72.